The molecule has 0 atom stereocenters. The number of pyridine rings is 1. The number of methoxy groups -OCH3 is 3. The van der Waals surface area contributed by atoms with Gasteiger partial charge in [0.15, 0.2) is 0 Å². The number of aromatic nitrogens is 1. The van der Waals surface area contributed by atoms with Gasteiger partial charge in [0.2, 0.25) is 0 Å². The molecule has 0 radical (unpaired) electrons. The highest BCUT2D eigenvalue weighted by atomic mass is 19.1. The molecule has 5 aromatic rings. The summed E-state index contributed by atoms with van der Waals surface area (Å²) in [6.45, 7) is 0. The third kappa shape index (κ3) is 4.40. The normalized spacial score (nSPS) is 10.7. The Kier molecular flexibility index (Phi) is 6.86. The number of ether oxygens (including phenoxy) is 3. The number of halogens is 1. The molecule has 0 N–H and O–H groups in total. The Bertz CT molecular complexity index is 1560. The van der Waals surface area contributed by atoms with Crippen LogP contribution in [0.5, 0.6) is 17.2 Å². The van der Waals surface area contributed by atoms with Crippen molar-refractivity contribution in [2.24, 2.45) is 0 Å². The summed E-state index contributed by atoms with van der Waals surface area (Å²) in [5.74, 6) is 1.63. The summed E-state index contributed by atoms with van der Waals surface area (Å²) in [5.41, 5.74) is 5.63. The van der Waals surface area contributed by atoms with Crippen LogP contribution in [0.4, 0.5) is 4.39 Å². The molecule has 1 heterocycles. The Morgan fingerprint density at radius 3 is 1.54 bits per heavy atom. The molecule has 0 saturated carbocycles. The second-order valence-corrected chi connectivity index (χ2v) is 8.35. The van der Waals surface area contributed by atoms with Crippen LogP contribution in [0.15, 0.2) is 103 Å². The first-order valence-electron chi connectivity index (χ1n) is 11.9. The van der Waals surface area contributed by atoms with E-state index in [-0.39, 0.29) is 5.82 Å². The molecule has 0 saturated heterocycles. The molecule has 0 aliphatic carbocycles. The Labute approximate surface area is 215 Å². The van der Waals surface area contributed by atoms with Crippen molar-refractivity contribution in [2.75, 3.05) is 21.3 Å². The van der Waals surface area contributed by atoms with Gasteiger partial charge in [-0.05, 0) is 30.3 Å². The minimum atomic E-state index is -0.341. The smallest absolute Gasteiger partial charge is 0.131 e. The van der Waals surface area contributed by atoms with E-state index in [1.807, 2.05) is 78.9 Å². The molecule has 184 valence electrons. The lowest BCUT2D eigenvalue weighted by molar-refractivity contribution is 0.415. The average molecular weight is 492 g/mol. The van der Waals surface area contributed by atoms with Gasteiger partial charge in [-0.3, -0.25) is 4.98 Å². The fourth-order valence-corrected chi connectivity index (χ4v) is 4.68. The van der Waals surface area contributed by atoms with E-state index in [1.165, 1.54) is 6.07 Å². The number of nitrogens with zero attached hydrogens (tertiary/aromatic N) is 1. The van der Waals surface area contributed by atoms with E-state index < -0.39 is 0 Å². The van der Waals surface area contributed by atoms with Gasteiger partial charge in [-0.1, -0.05) is 66.7 Å². The summed E-state index contributed by atoms with van der Waals surface area (Å²) in [7, 11) is 4.88. The van der Waals surface area contributed by atoms with E-state index in [1.54, 1.807) is 39.7 Å². The lowest BCUT2D eigenvalue weighted by atomic mass is 9.85. The van der Waals surface area contributed by atoms with Gasteiger partial charge in [0.25, 0.3) is 0 Å². The number of para-hydroxylation sites is 3. The van der Waals surface area contributed by atoms with Crippen molar-refractivity contribution in [3.05, 3.63) is 109 Å². The SMILES string of the molecule is COc1ccccc1-c1cnc(-c2ccccc2OC)c(-c2ccccc2OC)c1-c1ccccc1F. The summed E-state index contributed by atoms with van der Waals surface area (Å²) >= 11 is 0. The van der Waals surface area contributed by atoms with Crippen LogP contribution in [-0.2, 0) is 0 Å². The fourth-order valence-electron chi connectivity index (χ4n) is 4.68. The molecule has 5 heteroatoms. The highest BCUT2D eigenvalue weighted by molar-refractivity contribution is 6.02. The molecular formula is C32H26FNO3. The predicted molar refractivity (Wildman–Crippen MR) is 146 cm³/mol. The quantitative estimate of drug-likeness (QED) is 0.232. The van der Waals surface area contributed by atoms with Crippen LogP contribution >= 0.6 is 0 Å². The maximum absolute atomic E-state index is 15.6. The minimum absolute atomic E-state index is 0.341. The van der Waals surface area contributed by atoms with Gasteiger partial charge < -0.3 is 14.2 Å². The third-order valence-electron chi connectivity index (χ3n) is 6.36. The van der Waals surface area contributed by atoms with Gasteiger partial charge in [-0.2, -0.15) is 0 Å². The van der Waals surface area contributed by atoms with Crippen LogP contribution < -0.4 is 14.2 Å². The third-order valence-corrected chi connectivity index (χ3v) is 6.36. The number of benzene rings is 4. The molecule has 0 aliphatic heterocycles. The van der Waals surface area contributed by atoms with E-state index >= 15 is 4.39 Å². The summed E-state index contributed by atoms with van der Waals surface area (Å²) in [5, 5.41) is 0. The van der Waals surface area contributed by atoms with Gasteiger partial charge in [0.1, 0.15) is 23.1 Å². The number of rotatable bonds is 7. The molecule has 37 heavy (non-hydrogen) atoms. The first-order valence-corrected chi connectivity index (χ1v) is 11.9. The van der Waals surface area contributed by atoms with Gasteiger partial charge in [-0.25, -0.2) is 4.39 Å². The number of hydrogen-bond donors (Lipinski definition) is 0. The summed E-state index contributed by atoms with van der Waals surface area (Å²) < 4.78 is 32.8. The Balaban J connectivity index is 2.00. The minimum Gasteiger partial charge on any atom is -0.496 e. The van der Waals surface area contributed by atoms with Crippen molar-refractivity contribution < 1.29 is 18.6 Å². The van der Waals surface area contributed by atoms with Gasteiger partial charge in [0, 0.05) is 45.1 Å². The van der Waals surface area contributed by atoms with Crippen LogP contribution in [0.2, 0.25) is 0 Å². The second kappa shape index (κ2) is 10.5. The zero-order valence-corrected chi connectivity index (χ0v) is 20.9. The average Bonchev–Trinajstić information content (AvgIpc) is 2.96. The van der Waals surface area contributed by atoms with E-state index in [0.29, 0.717) is 34.1 Å². The zero-order valence-electron chi connectivity index (χ0n) is 20.9. The maximum atomic E-state index is 15.6. The molecule has 0 aliphatic rings. The molecule has 0 fully saturated rings. The maximum Gasteiger partial charge on any atom is 0.131 e. The monoisotopic (exact) mass is 491 g/mol. The first kappa shape index (κ1) is 24.1. The summed E-state index contributed by atoms with van der Waals surface area (Å²) in [6.07, 6.45) is 1.78. The second-order valence-electron chi connectivity index (χ2n) is 8.35. The molecule has 0 unspecified atom stereocenters. The molecule has 4 nitrogen and oxygen atoms in total. The Hall–Kier alpha value is -4.64. The lowest BCUT2D eigenvalue weighted by Crippen LogP contribution is -2.01. The van der Waals surface area contributed by atoms with Gasteiger partial charge >= 0.3 is 0 Å². The Morgan fingerprint density at radius 1 is 0.486 bits per heavy atom. The molecular weight excluding hydrogens is 465 g/mol. The molecule has 0 amide bonds. The van der Waals surface area contributed by atoms with Crippen molar-refractivity contribution in [3.8, 4) is 61.9 Å². The van der Waals surface area contributed by atoms with E-state index in [0.717, 1.165) is 27.8 Å². The molecule has 0 bridgehead atoms. The lowest BCUT2D eigenvalue weighted by Gasteiger charge is -2.22. The molecule has 0 spiro atoms. The van der Waals surface area contributed by atoms with Crippen molar-refractivity contribution >= 4 is 0 Å². The van der Waals surface area contributed by atoms with Crippen molar-refractivity contribution in [3.63, 3.8) is 0 Å². The molecule has 4 aromatic carbocycles. The van der Waals surface area contributed by atoms with E-state index in [4.69, 9.17) is 19.2 Å². The largest absolute Gasteiger partial charge is 0.496 e. The fraction of sp³-hybridized carbons (Fsp3) is 0.0938. The van der Waals surface area contributed by atoms with Gasteiger partial charge in [-0.15, -0.1) is 0 Å². The van der Waals surface area contributed by atoms with Crippen molar-refractivity contribution in [1.82, 2.24) is 4.98 Å². The van der Waals surface area contributed by atoms with E-state index in [2.05, 4.69) is 0 Å². The van der Waals surface area contributed by atoms with Crippen LogP contribution in [0, 0.1) is 5.82 Å². The predicted octanol–water partition coefficient (Wildman–Crippen LogP) is 7.91. The highest BCUT2D eigenvalue weighted by Crippen LogP contribution is 2.49. The molecule has 1 aromatic heterocycles. The van der Waals surface area contributed by atoms with Crippen molar-refractivity contribution in [1.29, 1.82) is 0 Å². The molecule has 5 rings (SSSR count). The van der Waals surface area contributed by atoms with Crippen LogP contribution in [0.25, 0.3) is 44.6 Å². The van der Waals surface area contributed by atoms with E-state index in [9.17, 15) is 0 Å². The first-order chi connectivity index (χ1) is 18.2. The standard InChI is InChI=1S/C32H26FNO3/c1-35-27-17-9-5-12-21(27)25-20-34-32(24-15-7-11-19-29(24)37-3)31(23-14-6-10-18-28(23)36-2)30(25)22-13-4-8-16-26(22)33/h4-20H,1-3H3. The topological polar surface area (TPSA) is 40.6 Å². The van der Waals surface area contributed by atoms with Crippen molar-refractivity contribution in [2.45, 2.75) is 0 Å². The summed E-state index contributed by atoms with van der Waals surface area (Å²) in [4.78, 5) is 4.96. The van der Waals surface area contributed by atoms with Crippen LogP contribution in [0.3, 0.4) is 0 Å². The zero-order chi connectivity index (χ0) is 25.8. The van der Waals surface area contributed by atoms with Gasteiger partial charge in [0.05, 0.1) is 27.0 Å². The number of hydrogen-bond acceptors (Lipinski definition) is 4. The van der Waals surface area contributed by atoms with Crippen LogP contribution in [-0.4, -0.2) is 26.3 Å². The highest BCUT2D eigenvalue weighted by Gasteiger charge is 2.26. The van der Waals surface area contributed by atoms with Crippen LogP contribution in [0.1, 0.15) is 0 Å². The Morgan fingerprint density at radius 2 is 0.946 bits per heavy atom. The summed E-state index contributed by atoms with van der Waals surface area (Å²) in [6, 6.07) is 29.8.